The fourth-order valence-electron chi connectivity index (χ4n) is 2.11. The van der Waals surface area contributed by atoms with Crippen LogP contribution in [0.2, 0.25) is 0 Å². The van der Waals surface area contributed by atoms with Gasteiger partial charge in [-0.1, -0.05) is 42.5 Å². The predicted molar refractivity (Wildman–Crippen MR) is 85.1 cm³/mol. The van der Waals surface area contributed by atoms with E-state index in [9.17, 15) is 4.79 Å². The molecule has 2 rings (SSSR count). The first kappa shape index (κ1) is 15.7. The van der Waals surface area contributed by atoms with E-state index in [-0.39, 0.29) is 6.03 Å². The zero-order valence-corrected chi connectivity index (χ0v) is 12.8. The second-order valence-electron chi connectivity index (χ2n) is 4.67. The number of nitrogens with one attached hydrogen (secondary N) is 2. The lowest BCUT2D eigenvalue weighted by atomic mass is 10.2. The molecule has 2 aromatic rings. The predicted octanol–water partition coefficient (Wildman–Crippen LogP) is 2.70. The van der Waals surface area contributed by atoms with Crippen molar-refractivity contribution in [1.82, 2.24) is 10.6 Å². The Morgan fingerprint density at radius 3 is 2.32 bits per heavy atom. The summed E-state index contributed by atoms with van der Waals surface area (Å²) in [5.74, 6) is 1.28. The molecule has 0 aliphatic rings. The van der Waals surface area contributed by atoms with Gasteiger partial charge in [-0.3, -0.25) is 0 Å². The summed E-state index contributed by atoms with van der Waals surface area (Å²) in [4.78, 5) is 11.8. The fraction of sp³-hybridized carbons (Fsp3) is 0.235. The molecule has 0 saturated heterocycles. The lowest BCUT2D eigenvalue weighted by Gasteiger charge is -2.13. The maximum atomic E-state index is 11.8. The van der Waals surface area contributed by atoms with Crippen LogP contribution >= 0.6 is 0 Å². The first-order valence-corrected chi connectivity index (χ1v) is 7.00. The quantitative estimate of drug-likeness (QED) is 0.862. The Morgan fingerprint density at radius 1 is 0.909 bits per heavy atom. The van der Waals surface area contributed by atoms with Gasteiger partial charge in [0.1, 0.15) is 0 Å². The van der Waals surface area contributed by atoms with Crippen LogP contribution in [0.25, 0.3) is 0 Å². The molecule has 0 bridgehead atoms. The van der Waals surface area contributed by atoms with Crippen LogP contribution < -0.4 is 20.1 Å². The van der Waals surface area contributed by atoms with Crippen molar-refractivity contribution in [1.29, 1.82) is 0 Å². The lowest BCUT2D eigenvalue weighted by molar-refractivity contribution is 0.240. The minimum atomic E-state index is -0.228. The molecule has 0 radical (unpaired) electrons. The van der Waals surface area contributed by atoms with Crippen molar-refractivity contribution in [3.8, 4) is 11.5 Å². The topological polar surface area (TPSA) is 59.6 Å². The Kier molecular flexibility index (Phi) is 5.65. The molecule has 0 spiro atoms. The number of hydrogen-bond donors (Lipinski definition) is 2. The van der Waals surface area contributed by atoms with Crippen molar-refractivity contribution in [3.63, 3.8) is 0 Å². The van der Waals surface area contributed by atoms with Gasteiger partial charge in [0.05, 0.1) is 14.2 Å². The van der Waals surface area contributed by atoms with E-state index in [1.165, 1.54) is 0 Å². The molecule has 0 saturated carbocycles. The van der Waals surface area contributed by atoms with Crippen molar-refractivity contribution in [2.75, 3.05) is 14.2 Å². The van der Waals surface area contributed by atoms with Crippen molar-refractivity contribution in [3.05, 3.63) is 59.7 Å². The van der Waals surface area contributed by atoms with Crippen LogP contribution in [0.5, 0.6) is 11.5 Å². The summed E-state index contributed by atoms with van der Waals surface area (Å²) in [6.07, 6.45) is 0. The van der Waals surface area contributed by atoms with Gasteiger partial charge in [0, 0.05) is 18.7 Å². The molecule has 0 aliphatic carbocycles. The third kappa shape index (κ3) is 4.15. The summed E-state index contributed by atoms with van der Waals surface area (Å²) in [5.41, 5.74) is 1.91. The number of urea groups is 1. The molecule has 0 aliphatic heterocycles. The van der Waals surface area contributed by atoms with Gasteiger partial charge in [-0.25, -0.2) is 4.79 Å². The van der Waals surface area contributed by atoms with Gasteiger partial charge in [-0.15, -0.1) is 0 Å². The van der Waals surface area contributed by atoms with Gasteiger partial charge in [0.2, 0.25) is 0 Å². The summed E-state index contributed by atoms with van der Waals surface area (Å²) in [6, 6.07) is 15.1. The minimum Gasteiger partial charge on any atom is -0.493 e. The molecule has 2 N–H and O–H groups in total. The zero-order chi connectivity index (χ0) is 15.8. The molecule has 116 valence electrons. The monoisotopic (exact) mass is 300 g/mol. The van der Waals surface area contributed by atoms with Crippen LogP contribution in [0.15, 0.2) is 48.5 Å². The molecule has 5 heteroatoms. The molecular formula is C17H20N2O3. The van der Waals surface area contributed by atoms with E-state index in [4.69, 9.17) is 9.47 Å². The van der Waals surface area contributed by atoms with Crippen LogP contribution in [0.3, 0.4) is 0 Å². The molecule has 0 heterocycles. The van der Waals surface area contributed by atoms with Crippen LogP contribution in [-0.4, -0.2) is 20.3 Å². The Morgan fingerprint density at radius 2 is 1.64 bits per heavy atom. The normalized spacial score (nSPS) is 9.91. The van der Waals surface area contributed by atoms with Gasteiger partial charge in [0.25, 0.3) is 0 Å². The van der Waals surface area contributed by atoms with Gasteiger partial charge < -0.3 is 20.1 Å². The number of benzene rings is 2. The number of carbonyl (C=O) groups is 1. The van der Waals surface area contributed by atoms with Crippen molar-refractivity contribution in [2.24, 2.45) is 0 Å². The molecule has 5 nitrogen and oxygen atoms in total. The smallest absolute Gasteiger partial charge is 0.315 e. The van der Waals surface area contributed by atoms with E-state index in [0.717, 1.165) is 11.1 Å². The van der Waals surface area contributed by atoms with Crippen molar-refractivity contribution >= 4 is 6.03 Å². The number of rotatable bonds is 6. The minimum absolute atomic E-state index is 0.228. The standard InChI is InChI=1S/C17H20N2O3/c1-21-15-10-6-9-14(16(15)22-2)12-19-17(20)18-11-13-7-4-3-5-8-13/h3-10H,11-12H2,1-2H3,(H2,18,19,20). The first-order chi connectivity index (χ1) is 10.7. The van der Waals surface area contributed by atoms with Crippen LogP contribution in [0.4, 0.5) is 4.79 Å². The highest BCUT2D eigenvalue weighted by molar-refractivity contribution is 5.74. The number of para-hydroxylation sites is 1. The second kappa shape index (κ2) is 7.93. The third-order valence-electron chi connectivity index (χ3n) is 3.22. The summed E-state index contributed by atoms with van der Waals surface area (Å²) >= 11 is 0. The van der Waals surface area contributed by atoms with E-state index in [2.05, 4.69) is 10.6 Å². The Hall–Kier alpha value is -2.69. The molecule has 0 atom stereocenters. The molecule has 2 amide bonds. The van der Waals surface area contributed by atoms with Gasteiger partial charge in [-0.05, 0) is 11.6 Å². The fourth-order valence-corrected chi connectivity index (χ4v) is 2.11. The van der Waals surface area contributed by atoms with Crippen molar-refractivity contribution < 1.29 is 14.3 Å². The van der Waals surface area contributed by atoms with Crippen molar-refractivity contribution in [2.45, 2.75) is 13.1 Å². The number of ether oxygens (including phenoxy) is 2. The largest absolute Gasteiger partial charge is 0.493 e. The van der Waals surface area contributed by atoms with E-state index in [1.807, 2.05) is 48.5 Å². The number of carbonyl (C=O) groups excluding carboxylic acids is 1. The summed E-state index contributed by atoms with van der Waals surface area (Å²) in [5, 5.41) is 5.62. The third-order valence-corrected chi connectivity index (χ3v) is 3.22. The highest BCUT2D eigenvalue weighted by atomic mass is 16.5. The van der Waals surface area contributed by atoms with Crippen LogP contribution in [0, 0.1) is 0 Å². The Balaban J connectivity index is 1.88. The van der Waals surface area contributed by atoms with Gasteiger partial charge >= 0.3 is 6.03 Å². The highest BCUT2D eigenvalue weighted by Crippen LogP contribution is 2.30. The maximum absolute atomic E-state index is 11.8. The molecule has 2 aromatic carbocycles. The Labute approximate surface area is 130 Å². The number of methoxy groups -OCH3 is 2. The number of amides is 2. The van der Waals surface area contributed by atoms with E-state index >= 15 is 0 Å². The molecule has 0 unspecified atom stereocenters. The van der Waals surface area contributed by atoms with Gasteiger partial charge in [-0.2, -0.15) is 0 Å². The lowest BCUT2D eigenvalue weighted by Crippen LogP contribution is -2.34. The van der Waals surface area contributed by atoms with Crippen LogP contribution in [0.1, 0.15) is 11.1 Å². The summed E-state index contributed by atoms with van der Waals surface area (Å²) in [7, 11) is 3.17. The summed E-state index contributed by atoms with van der Waals surface area (Å²) in [6.45, 7) is 0.850. The Bertz CT molecular complexity index is 615. The maximum Gasteiger partial charge on any atom is 0.315 e. The van der Waals surface area contributed by atoms with Gasteiger partial charge in [0.15, 0.2) is 11.5 Å². The zero-order valence-electron chi connectivity index (χ0n) is 12.8. The number of hydrogen-bond acceptors (Lipinski definition) is 3. The average Bonchev–Trinajstić information content (AvgIpc) is 2.58. The van der Waals surface area contributed by atoms with E-state index in [1.54, 1.807) is 14.2 Å². The SMILES string of the molecule is COc1cccc(CNC(=O)NCc2ccccc2)c1OC. The van der Waals surface area contributed by atoms with Crippen LogP contribution in [-0.2, 0) is 13.1 Å². The second-order valence-corrected chi connectivity index (χ2v) is 4.67. The molecule has 22 heavy (non-hydrogen) atoms. The molecule has 0 aromatic heterocycles. The van der Waals surface area contributed by atoms with E-state index < -0.39 is 0 Å². The van der Waals surface area contributed by atoms with E-state index in [0.29, 0.717) is 24.6 Å². The highest BCUT2D eigenvalue weighted by Gasteiger charge is 2.10. The summed E-state index contributed by atoms with van der Waals surface area (Å²) < 4.78 is 10.6. The molecular weight excluding hydrogens is 280 g/mol. The molecule has 0 fully saturated rings. The average molecular weight is 300 g/mol. The first-order valence-electron chi connectivity index (χ1n) is 7.00.